The number of carbonyl (C=O) groups is 1. The first-order valence-corrected chi connectivity index (χ1v) is 6.65. The molecule has 1 amide bonds. The molecule has 1 fully saturated rings. The van der Waals surface area contributed by atoms with E-state index < -0.39 is 5.54 Å². The lowest BCUT2D eigenvalue weighted by Gasteiger charge is -2.30. The fraction of sp³-hybridized carbons (Fsp3) is 0.923. The number of methoxy groups -OCH3 is 1. The van der Waals surface area contributed by atoms with Crippen molar-refractivity contribution < 1.29 is 14.3 Å². The minimum absolute atomic E-state index is 0.248. The second-order valence-electron chi connectivity index (χ2n) is 5.21. The first kappa shape index (κ1) is 15.4. The number of nitrogens with two attached hydrogens (primary N) is 1. The summed E-state index contributed by atoms with van der Waals surface area (Å²) in [6.45, 7) is 2.35. The molecule has 0 saturated heterocycles. The summed E-state index contributed by atoms with van der Waals surface area (Å²) in [5.41, 5.74) is 4.68. The van der Waals surface area contributed by atoms with Crippen molar-refractivity contribution in [2.24, 2.45) is 5.73 Å². The van der Waals surface area contributed by atoms with Crippen LogP contribution in [0.25, 0.3) is 0 Å². The van der Waals surface area contributed by atoms with E-state index in [1.54, 1.807) is 21.1 Å². The van der Waals surface area contributed by atoms with Crippen molar-refractivity contribution in [3.8, 4) is 0 Å². The van der Waals surface area contributed by atoms with Crippen molar-refractivity contribution in [1.29, 1.82) is 0 Å². The summed E-state index contributed by atoms with van der Waals surface area (Å²) >= 11 is 0. The number of hydrogen-bond donors (Lipinski definition) is 2. The summed E-state index contributed by atoms with van der Waals surface area (Å²) in [5, 5.41) is 2.96. The molecule has 0 bridgehead atoms. The molecule has 3 atom stereocenters. The Labute approximate surface area is 109 Å². The topological polar surface area (TPSA) is 73.6 Å². The number of hydrogen-bond acceptors (Lipinski definition) is 4. The van der Waals surface area contributed by atoms with Gasteiger partial charge in [0.15, 0.2) is 0 Å². The zero-order valence-electron chi connectivity index (χ0n) is 11.7. The monoisotopic (exact) mass is 258 g/mol. The highest BCUT2D eigenvalue weighted by Gasteiger charge is 2.29. The normalized spacial score (nSPS) is 27.7. The van der Waals surface area contributed by atoms with Crippen molar-refractivity contribution in [2.45, 2.75) is 56.8 Å². The highest BCUT2D eigenvalue weighted by atomic mass is 16.5. The van der Waals surface area contributed by atoms with Gasteiger partial charge in [-0.25, -0.2) is 0 Å². The summed E-state index contributed by atoms with van der Waals surface area (Å²) in [4.78, 5) is 11.3. The maximum absolute atomic E-state index is 11.3. The number of carbonyl (C=O) groups excluding carboxylic acids is 1. The van der Waals surface area contributed by atoms with E-state index in [1.807, 2.05) is 0 Å². The second kappa shape index (κ2) is 7.07. The number of primary amides is 1. The Bertz CT molecular complexity index is 273. The van der Waals surface area contributed by atoms with Gasteiger partial charge in [0.25, 0.3) is 0 Å². The number of likely N-dealkylation sites (N-methyl/N-ethyl adjacent to an activating group) is 1. The Morgan fingerprint density at radius 1 is 1.44 bits per heavy atom. The zero-order chi connectivity index (χ0) is 13.6. The van der Waals surface area contributed by atoms with E-state index in [-0.39, 0.29) is 12.0 Å². The lowest BCUT2D eigenvalue weighted by molar-refractivity contribution is -0.124. The SMILES string of the molecule is CNC(C)(CCOC1CCCC(OC)C1)C(N)=O. The van der Waals surface area contributed by atoms with Crippen LogP contribution in [0.5, 0.6) is 0 Å². The Morgan fingerprint density at radius 3 is 2.67 bits per heavy atom. The summed E-state index contributed by atoms with van der Waals surface area (Å²) in [5.74, 6) is -0.341. The van der Waals surface area contributed by atoms with E-state index in [4.69, 9.17) is 15.2 Å². The van der Waals surface area contributed by atoms with Crippen molar-refractivity contribution >= 4 is 5.91 Å². The van der Waals surface area contributed by atoms with Crippen molar-refractivity contribution in [1.82, 2.24) is 5.32 Å². The number of rotatable bonds is 7. The Morgan fingerprint density at radius 2 is 2.11 bits per heavy atom. The Balaban J connectivity index is 2.30. The second-order valence-corrected chi connectivity index (χ2v) is 5.21. The predicted molar refractivity (Wildman–Crippen MR) is 70.3 cm³/mol. The quantitative estimate of drug-likeness (QED) is 0.709. The van der Waals surface area contributed by atoms with E-state index in [2.05, 4.69) is 5.32 Å². The van der Waals surface area contributed by atoms with Crippen LogP contribution in [0.15, 0.2) is 0 Å². The molecule has 1 aliphatic carbocycles. The lowest BCUT2D eigenvalue weighted by atomic mass is 9.94. The van der Waals surface area contributed by atoms with Crippen molar-refractivity contribution in [2.75, 3.05) is 20.8 Å². The van der Waals surface area contributed by atoms with Crippen molar-refractivity contribution in [3.63, 3.8) is 0 Å². The van der Waals surface area contributed by atoms with Crippen LogP contribution in [0, 0.1) is 0 Å². The van der Waals surface area contributed by atoms with E-state index in [9.17, 15) is 4.79 Å². The van der Waals surface area contributed by atoms with E-state index in [0.717, 1.165) is 25.7 Å². The van der Waals surface area contributed by atoms with Crippen LogP contribution in [0.3, 0.4) is 0 Å². The van der Waals surface area contributed by atoms with E-state index in [0.29, 0.717) is 19.1 Å². The lowest BCUT2D eigenvalue weighted by Crippen LogP contribution is -2.52. The fourth-order valence-electron chi connectivity index (χ4n) is 2.27. The zero-order valence-corrected chi connectivity index (χ0v) is 11.7. The van der Waals surface area contributed by atoms with Crippen LogP contribution < -0.4 is 11.1 Å². The average Bonchev–Trinajstić information content (AvgIpc) is 2.38. The van der Waals surface area contributed by atoms with Gasteiger partial charge in [0.1, 0.15) is 0 Å². The largest absolute Gasteiger partial charge is 0.381 e. The molecular weight excluding hydrogens is 232 g/mol. The first-order chi connectivity index (χ1) is 8.51. The molecule has 0 aromatic heterocycles. The molecule has 3 N–H and O–H groups in total. The maximum Gasteiger partial charge on any atom is 0.237 e. The van der Waals surface area contributed by atoms with E-state index in [1.165, 1.54) is 0 Å². The van der Waals surface area contributed by atoms with Gasteiger partial charge < -0.3 is 20.5 Å². The average molecular weight is 258 g/mol. The summed E-state index contributed by atoms with van der Waals surface area (Å²) in [7, 11) is 3.49. The maximum atomic E-state index is 11.3. The van der Waals surface area contributed by atoms with Crippen LogP contribution in [-0.2, 0) is 14.3 Å². The molecule has 0 radical (unpaired) electrons. The molecule has 0 aromatic carbocycles. The first-order valence-electron chi connectivity index (χ1n) is 6.65. The standard InChI is InChI=1S/C13H26N2O3/c1-13(15-2,12(14)16)7-8-18-11-6-4-5-10(9-11)17-3/h10-11,15H,4-9H2,1-3H3,(H2,14,16). The highest BCUT2D eigenvalue weighted by molar-refractivity contribution is 5.84. The van der Waals surface area contributed by atoms with Gasteiger partial charge in [-0.05, 0) is 46.1 Å². The number of nitrogens with one attached hydrogen (secondary N) is 1. The van der Waals surface area contributed by atoms with Gasteiger partial charge in [0, 0.05) is 13.7 Å². The molecule has 5 nitrogen and oxygen atoms in total. The summed E-state index contributed by atoms with van der Waals surface area (Å²) < 4.78 is 11.2. The van der Waals surface area contributed by atoms with Crippen LogP contribution in [-0.4, -0.2) is 44.4 Å². The van der Waals surface area contributed by atoms with Gasteiger partial charge in [-0.2, -0.15) is 0 Å². The highest BCUT2D eigenvalue weighted by Crippen LogP contribution is 2.23. The minimum atomic E-state index is -0.685. The Hall–Kier alpha value is -0.650. The molecule has 5 heteroatoms. The van der Waals surface area contributed by atoms with Crippen LogP contribution >= 0.6 is 0 Å². The molecular formula is C13H26N2O3. The van der Waals surface area contributed by atoms with Crippen LogP contribution in [0.2, 0.25) is 0 Å². The van der Waals surface area contributed by atoms with E-state index >= 15 is 0 Å². The molecule has 106 valence electrons. The molecule has 0 aromatic rings. The van der Waals surface area contributed by atoms with Crippen LogP contribution in [0.1, 0.15) is 39.0 Å². The molecule has 0 aliphatic heterocycles. The van der Waals surface area contributed by atoms with Gasteiger partial charge in [-0.3, -0.25) is 4.79 Å². The molecule has 1 aliphatic rings. The summed E-state index contributed by atoms with van der Waals surface area (Å²) in [6, 6.07) is 0. The van der Waals surface area contributed by atoms with Gasteiger partial charge in [0.2, 0.25) is 5.91 Å². The van der Waals surface area contributed by atoms with Gasteiger partial charge in [-0.1, -0.05) is 0 Å². The van der Waals surface area contributed by atoms with Crippen molar-refractivity contribution in [3.05, 3.63) is 0 Å². The minimum Gasteiger partial charge on any atom is -0.381 e. The molecule has 3 unspecified atom stereocenters. The van der Waals surface area contributed by atoms with Crippen LogP contribution in [0.4, 0.5) is 0 Å². The third kappa shape index (κ3) is 4.23. The van der Waals surface area contributed by atoms with Gasteiger partial charge in [-0.15, -0.1) is 0 Å². The summed E-state index contributed by atoms with van der Waals surface area (Å²) in [6.07, 6.45) is 5.44. The predicted octanol–water partition coefficient (Wildman–Crippen LogP) is 0.814. The third-order valence-corrected chi connectivity index (χ3v) is 3.96. The molecule has 1 rings (SSSR count). The smallest absolute Gasteiger partial charge is 0.237 e. The molecule has 18 heavy (non-hydrogen) atoms. The number of ether oxygens (including phenoxy) is 2. The fourth-order valence-corrected chi connectivity index (χ4v) is 2.27. The van der Waals surface area contributed by atoms with Gasteiger partial charge in [0.05, 0.1) is 17.7 Å². The number of amides is 1. The third-order valence-electron chi connectivity index (χ3n) is 3.96. The molecule has 0 heterocycles. The van der Waals surface area contributed by atoms with Gasteiger partial charge >= 0.3 is 0 Å². The molecule has 1 saturated carbocycles. The Kier molecular flexibility index (Phi) is 6.05. The molecule has 0 spiro atoms.